The van der Waals surface area contributed by atoms with Crippen molar-refractivity contribution >= 4 is 17.3 Å². The molecule has 1 N–H and O–H groups in total. The number of likely N-dealkylation sites (tertiary alicyclic amines) is 1. The van der Waals surface area contributed by atoms with Gasteiger partial charge in [0.1, 0.15) is 12.1 Å². The quantitative estimate of drug-likeness (QED) is 0.509. The molecule has 0 aromatic heterocycles. The van der Waals surface area contributed by atoms with Crippen molar-refractivity contribution in [3.63, 3.8) is 0 Å². The number of hydrogen-bond donors (Lipinski definition) is 1. The molecular formula is C32H34N6O. The van der Waals surface area contributed by atoms with Gasteiger partial charge in [0.15, 0.2) is 0 Å². The molecule has 3 aromatic carbocycles. The fourth-order valence-corrected chi connectivity index (χ4v) is 5.69. The molecule has 0 radical (unpaired) electrons. The first-order valence-corrected chi connectivity index (χ1v) is 13.6. The monoisotopic (exact) mass is 518 g/mol. The van der Waals surface area contributed by atoms with E-state index < -0.39 is 0 Å². The third-order valence-electron chi connectivity index (χ3n) is 7.93. The van der Waals surface area contributed by atoms with Gasteiger partial charge in [-0.15, -0.1) is 0 Å². The van der Waals surface area contributed by atoms with E-state index in [4.69, 9.17) is 0 Å². The van der Waals surface area contributed by atoms with Crippen molar-refractivity contribution in [2.24, 2.45) is 0 Å². The summed E-state index contributed by atoms with van der Waals surface area (Å²) in [6.07, 6.45) is 0.850. The molecule has 7 heteroatoms. The maximum Gasteiger partial charge on any atom is 0.254 e. The summed E-state index contributed by atoms with van der Waals surface area (Å²) in [4.78, 5) is 20.3. The van der Waals surface area contributed by atoms with Crippen LogP contribution >= 0.6 is 0 Å². The molecule has 5 rings (SSSR count). The molecular weight excluding hydrogens is 484 g/mol. The number of nitrogens with zero attached hydrogens (tertiary/aromatic N) is 5. The van der Waals surface area contributed by atoms with Crippen LogP contribution in [0.1, 0.15) is 44.6 Å². The summed E-state index contributed by atoms with van der Waals surface area (Å²) in [5.74, 6) is 0.0737. The highest BCUT2D eigenvalue weighted by Gasteiger charge is 2.29. The zero-order valence-corrected chi connectivity index (χ0v) is 22.7. The van der Waals surface area contributed by atoms with Crippen molar-refractivity contribution in [2.75, 3.05) is 49.5 Å². The lowest BCUT2D eigenvalue weighted by atomic mass is 9.98. The summed E-state index contributed by atoms with van der Waals surface area (Å²) in [5, 5.41) is 22.3. The molecule has 39 heavy (non-hydrogen) atoms. The first kappa shape index (κ1) is 26.3. The third kappa shape index (κ3) is 5.74. The van der Waals surface area contributed by atoms with Gasteiger partial charge >= 0.3 is 0 Å². The van der Waals surface area contributed by atoms with Crippen LogP contribution in [0.3, 0.4) is 0 Å². The summed E-state index contributed by atoms with van der Waals surface area (Å²) in [7, 11) is 0. The van der Waals surface area contributed by atoms with Crippen molar-refractivity contribution < 1.29 is 4.79 Å². The molecule has 2 fully saturated rings. The lowest BCUT2D eigenvalue weighted by molar-refractivity contribution is 0.0790. The lowest BCUT2D eigenvalue weighted by Crippen LogP contribution is -2.46. The fourth-order valence-electron chi connectivity index (χ4n) is 5.69. The number of hydrogen-bond acceptors (Lipinski definition) is 6. The Bertz CT molecular complexity index is 1440. The molecule has 1 atom stereocenters. The molecule has 7 nitrogen and oxygen atoms in total. The SMILES string of the molecule is Cc1cc(C)c(C(=O)N2CC[C@@H](Nc3ccccc3C#N)C2)cc1CN1CCN(c2ccccc2C#N)CC1. The average Bonchev–Trinajstić information content (AvgIpc) is 3.43. The second-order valence-electron chi connectivity index (χ2n) is 10.5. The summed E-state index contributed by atoms with van der Waals surface area (Å²) in [6, 6.07) is 24.2. The van der Waals surface area contributed by atoms with Crippen LogP contribution in [-0.4, -0.2) is 61.0 Å². The highest BCUT2D eigenvalue weighted by atomic mass is 16.2. The normalized spacial score (nSPS) is 17.5. The van der Waals surface area contributed by atoms with Crippen molar-refractivity contribution in [2.45, 2.75) is 32.9 Å². The number of rotatable bonds is 6. The molecule has 1 amide bonds. The Balaban J connectivity index is 1.23. The van der Waals surface area contributed by atoms with E-state index in [-0.39, 0.29) is 11.9 Å². The lowest BCUT2D eigenvalue weighted by Gasteiger charge is -2.36. The Morgan fingerprint density at radius 3 is 2.33 bits per heavy atom. The van der Waals surface area contributed by atoms with Crippen molar-refractivity contribution in [1.82, 2.24) is 9.80 Å². The third-order valence-corrected chi connectivity index (χ3v) is 7.93. The first-order valence-electron chi connectivity index (χ1n) is 13.6. The van der Waals surface area contributed by atoms with Crippen LogP contribution in [0.5, 0.6) is 0 Å². The zero-order chi connectivity index (χ0) is 27.4. The standard InChI is InChI=1S/C32H34N6O/c1-23-17-24(2)29(32(39)38-12-11-28(22-38)35-30-9-5-3-7-25(30)19-33)18-27(23)21-36-13-15-37(16-14-36)31-10-6-4-8-26(31)20-34/h3-10,17-18,28,35H,11-16,21-22H2,1-2H3/t28-/m1/s1. The summed E-state index contributed by atoms with van der Waals surface area (Å²) >= 11 is 0. The number of para-hydroxylation sites is 2. The van der Waals surface area contributed by atoms with Crippen molar-refractivity contribution in [1.29, 1.82) is 10.5 Å². The second-order valence-corrected chi connectivity index (χ2v) is 10.5. The molecule has 2 saturated heterocycles. The van der Waals surface area contributed by atoms with Crippen LogP contribution in [0.25, 0.3) is 0 Å². The van der Waals surface area contributed by atoms with Crippen LogP contribution < -0.4 is 10.2 Å². The Kier molecular flexibility index (Phi) is 7.81. The van der Waals surface area contributed by atoms with E-state index in [0.717, 1.165) is 67.2 Å². The highest BCUT2D eigenvalue weighted by Crippen LogP contribution is 2.25. The summed E-state index contributed by atoms with van der Waals surface area (Å²) < 4.78 is 0. The molecule has 0 aliphatic carbocycles. The predicted octanol–water partition coefficient (Wildman–Crippen LogP) is 4.70. The molecule has 0 unspecified atom stereocenters. The van der Waals surface area contributed by atoms with E-state index in [9.17, 15) is 15.3 Å². The number of nitriles is 2. The first-order chi connectivity index (χ1) is 19.0. The van der Waals surface area contributed by atoms with Gasteiger partial charge in [-0.05, 0) is 67.3 Å². The Hall–Kier alpha value is -4.33. The maximum absolute atomic E-state index is 13.6. The smallest absolute Gasteiger partial charge is 0.254 e. The minimum Gasteiger partial charge on any atom is -0.379 e. The molecule has 0 bridgehead atoms. The number of anilines is 2. The van der Waals surface area contributed by atoms with Crippen LogP contribution in [0.15, 0.2) is 60.7 Å². The van der Waals surface area contributed by atoms with E-state index in [2.05, 4.69) is 46.3 Å². The van der Waals surface area contributed by atoms with Crippen LogP contribution in [0, 0.1) is 36.5 Å². The Labute approximate surface area is 230 Å². The van der Waals surface area contributed by atoms with Gasteiger partial charge in [0.05, 0.1) is 22.5 Å². The van der Waals surface area contributed by atoms with E-state index in [1.54, 1.807) is 0 Å². The van der Waals surface area contributed by atoms with Crippen LogP contribution in [-0.2, 0) is 6.54 Å². The van der Waals surface area contributed by atoms with Crippen molar-refractivity contribution in [3.05, 3.63) is 94.0 Å². The van der Waals surface area contributed by atoms with Gasteiger partial charge < -0.3 is 15.1 Å². The van der Waals surface area contributed by atoms with Crippen LogP contribution in [0.4, 0.5) is 11.4 Å². The van der Waals surface area contributed by atoms with E-state index in [1.165, 1.54) is 11.1 Å². The second kappa shape index (κ2) is 11.6. The molecule has 3 aromatic rings. The van der Waals surface area contributed by atoms with Crippen molar-refractivity contribution in [3.8, 4) is 12.1 Å². The van der Waals surface area contributed by atoms with Gasteiger partial charge in [0.25, 0.3) is 5.91 Å². The molecule has 2 aliphatic rings. The fraction of sp³-hybridized carbons (Fsp3) is 0.344. The predicted molar refractivity (Wildman–Crippen MR) is 154 cm³/mol. The number of nitrogens with one attached hydrogen (secondary N) is 1. The number of amides is 1. The largest absolute Gasteiger partial charge is 0.379 e. The average molecular weight is 519 g/mol. The molecule has 198 valence electrons. The van der Waals surface area contributed by atoms with E-state index in [0.29, 0.717) is 18.7 Å². The minimum atomic E-state index is 0.0737. The zero-order valence-electron chi connectivity index (χ0n) is 22.7. The Morgan fingerprint density at radius 1 is 0.897 bits per heavy atom. The summed E-state index contributed by atoms with van der Waals surface area (Å²) in [5.41, 5.74) is 7.34. The van der Waals surface area contributed by atoms with Gasteiger partial charge in [-0.1, -0.05) is 30.3 Å². The summed E-state index contributed by atoms with van der Waals surface area (Å²) in [6.45, 7) is 9.80. The molecule has 2 heterocycles. The maximum atomic E-state index is 13.6. The van der Waals surface area contributed by atoms with Gasteiger partial charge in [-0.25, -0.2) is 0 Å². The number of piperazine rings is 1. The van der Waals surface area contributed by atoms with Gasteiger partial charge in [0, 0.05) is 57.4 Å². The number of carbonyl (C=O) groups excluding carboxylic acids is 1. The van der Waals surface area contributed by atoms with Gasteiger partial charge in [-0.2, -0.15) is 10.5 Å². The number of benzene rings is 3. The van der Waals surface area contributed by atoms with E-state index >= 15 is 0 Å². The van der Waals surface area contributed by atoms with Gasteiger partial charge in [-0.3, -0.25) is 9.69 Å². The molecule has 2 aliphatic heterocycles. The van der Waals surface area contributed by atoms with Gasteiger partial charge in [0.2, 0.25) is 0 Å². The van der Waals surface area contributed by atoms with E-state index in [1.807, 2.05) is 60.4 Å². The minimum absolute atomic E-state index is 0.0737. The van der Waals surface area contributed by atoms with Crippen LogP contribution in [0.2, 0.25) is 0 Å². The molecule has 0 saturated carbocycles. The molecule has 0 spiro atoms. The Morgan fingerprint density at radius 2 is 1.59 bits per heavy atom. The number of aryl methyl sites for hydroxylation is 2. The highest BCUT2D eigenvalue weighted by molar-refractivity contribution is 5.96. The number of carbonyl (C=O) groups is 1. The topological polar surface area (TPSA) is 86.4 Å².